The Labute approximate surface area is 140 Å². The lowest BCUT2D eigenvalue weighted by atomic mass is 9.92. The van der Waals surface area contributed by atoms with E-state index >= 15 is 0 Å². The predicted molar refractivity (Wildman–Crippen MR) is 86.9 cm³/mol. The van der Waals surface area contributed by atoms with Gasteiger partial charge in [-0.15, -0.1) is 0 Å². The molecule has 2 aliphatic rings. The van der Waals surface area contributed by atoms with Gasteiger partial charge >= 0.3 is 0 Å². The largest absolute Gasteiger partial charge is 0.375 e. The van der Waals surface area contributed by atoms with Crippen molar-refractivity contribution in [2.75, 3.05) is 13.2 Å². The summed E-state index contributed by atoms with van der Waals surface area (Å²) >= 11 is 0. The first kappa shape index (κ1) is 15.3. The van der Waals surface area contributed by atoms with Crippen LogP contribution in [0.2, 0.25) is 0 Å². The van der Waals surface area contributed by atoms with Gasteiger partial charge in [-0.2, -0.15) is 0 Å². The van der Waals surface area contributed by atoms with Gasteiger partial charge in [0, 0.05) is 31.8 Å². The second kappa shape index (κ2) is 6.36. The maximum Gasteiger partial charge on any atom is 0.223 e. The molecule has 0 N–H and O–H groups in total. The molecule has 2 fully saturated rings. The number of rotatable bonds is 3. The van der Waals surface area contributed by atoms with Crippen molar-refractivity contribution >= 4 is 5.91 Å². The van der Waals surface area contributed by atoms with Crippen LogP contribution in [0.4, 0.5) is 0 Å². The van der Waals surface area contributed by atoms with E-state index in [1.165, 1.54) is 0 Å². The lowest BCUT2D eigenvalue weighted by molar-refractivity contribution is -0.131. The molecule has 0 aromatic carbocycles. The third-order valence-corrected chi connectivity index (χ3v) is 5.00. The highest BCUT2D eigenvalue weighted by atomic mass is 16.5. The maximum atomic E-state index is 12.4. The molecule has 4 heterocycles. The van der Waals surface area contributed by atoms with Gasteiger partial charge in [-0.25, -0.2) is 0 Å². The second-order valence-electron chi connectivity index (χ2n) is 6.59. The van der Waals surface area contributed by atoms with Crippen LogP contribution in [0.25, 0.3) is 11.4 Å². The quantitative estimate of drug-likeness (QED) is 0.867. The highest BCUT2D eigenvalue weighted by Gasteiger charge is 2.38. The summed E-state index contributed by atoms with van der Waals surface area (Å²) in [6.45, 7) is 1.98. The zero-order valence-electron chi connectivity index (χ0n) is 13.6. The van der Waals surface area contributed by atoms with Crippen LogP contribution in [0.15, 0.2) is 35.0 Å². The van der Waals surface area contributed by atoms with E-state index in [1.807, 2.05) is 29.2 Å². The fourth-order valence-electron chi connectivity index (χ4n) is 3.61. The number of carbonyl (C=O) groups is 1. The molecular formula is C18H21N3O3. The topological polar surface area (TPSA) is 68.5 Å². The lowest BCUT2D eigenvalue weighted by Gasteiger charge is -2.26. The Balaban J connectivity index is 1.45. The standard InChI is InChI=1S/C18H21N3O3/c22-17-5-7-18(6-3-11-23-18)8-10-21(17)13-14-12-16(20-24-14)15-4-1-2-9-19-15/h1-2,4,9,12H,3,5-8,10-11,13H2. The average molecular weight is 327 g/mol. The minimum atomic E-state index is -0.0784. The normalized spacial score (nSPS) is 24.5. The summed E-state index contributed by atoms with van der Waals surface area (Å²) in [6, 6.07) is 7.53. The van der Waals surface area contributed by atoms with Crippen molar-refractivity contribution in [2.24, 2.45) is 0 Å². The highest BCUT2D eigenvalue weighted by molar-refractivity contribution is 5.76. The molecule has 2 aromatic heterocycles. The Hall–Kier alpha value is -2.21. The molecule has 6 nitrogen and oxygen atoms in total. The number of amides is 1. The Morgan fingerprint density at radius 2 is 2.17 bits per heavy atom. The Kier molecular flexibility index (Phi) is 4.06. The molecule has 0 bridgehead atoms. The van der Waals surface area contributed by atoms with E-state index in [0.717, 1.165) is 38.0 Å². The fraction of sp³-hybridized carbons (Fsp3) is 0.500. The first-order valence-corrected chi connectivity index (χ1v) is 8.53. The summed E-state index contributed by atoms with van der Waals surface area (Å²) in [5, 5.41) is 4.07. The number of nitrogens with zero attached hydrogens (tertiary/aromatic N) is 3. The average Bonchev–Trinajstić information content (AvgIpc) is 3.24. The van der Waals surface area contributed by atoms with Crippen LogP contribution in [0.1, 0.15) is 37.9 Å². The van der Waals surface area contributed by atoms with Gasteiger partial charge < -0.3 is 14.2 Å². The summed E-state index contributed by atoms with van der Waals surface area (Å²) in [7, 11) is 0. The Morgan fingerprint density at radius 3 is 2.96 bits per heavy atom. The van der Waals surface area contributed by atoms with Gasteiger partial charge in [0.15, 0.2) is 5.76 Å². The molecule has 2 aromatic rings. The van der Waals surface area contributed by atoms with Crippen molar-refractivity contribution in [3.8, 4) is 11.4 Å². The predicted octanol–water partition coefficient (Wildman–Crippen LogP) is 2.80. The van der Waals surface area contributed by atoms with E-state index in [1.54, 1.807) is 6.20 Å². The molecule has 4 rings (SSSR count). The van der Waals surface area contributed by atoms with Crippen molar-refractivity contribution in [1.29, 1.82) is 0 Å². The number of hydrogen-bond acceptors (Lipinski definition) is 5. The first-order chi connectivity index (χ1) is 11.7. The molecule has 1 atom stereocenters. The van der Waals surface area contributed by atoms with Crippen LogP contribution in [0.3, 0.4) is 0 Å². The van der Waals surface area contributed by atoms with Gasteiger partial charge in [-0.05, 0) is 37.8 Å². The molecule has 0 aliphatic carbocycles. The smallest absolute Gasteiger partial charge is 0.223 e. The fourth-order valence-corrected chi connectivity index (χ4v) is 3.61. The molecule has 126 valence electrons. The van der Waals surface area contributed by atoms with Gasteiger partial charge in [-0.1, -0.05) is 11.2 Å². The van der Waals surface area contributed by atoms with Crippen molar-refractivity contribution in [1.82, 2.24) is 15.0 Å². The number of ether oxygens (including phenoxy) is 1. The number of aromatic nitrogens is 2. The van der Waals surface area contributed by atoms with Crippen LogP contribution in [0, 0.1) is 0 Å². The molecular weight excluding hydrogens is 306 g/mol. The first-order valence-electron chi connectivity index (χ1n) is 8.53. The molecule has 1 unspecified atom stereocenters. The van der Waals surface area contributed by atoms with E-state index in [4.69, 9.17) is 9.26 Å². The zero-order chi connectivity index (χ0) is 16.4. The van der Waals surface area contributed by atoms with Gasteiger partial charge in [0.2, 0.25) is 5.91 Å². The minimum absolute atomic E-state index is 0.0784. The summed E-state index contributed by atoms with van der Waals surface area (Å²) in [4.78, 5) is 18.6. The number of carbonyl (C=O) groups excluding carboxylic acids is 1. The molecule has 1 spiro atoms. The van der Waals surface area contributed by atoms with Crippen LogP contribution in [-0.4, -0.2) is 39.7 Å². The van der Waals surface area contributed by atoms with Gasteiger partial charge in [0.05, 0.1) is 17.8 Å². The number of likely N-dealkylation sites (tertiary alicyclic amines) is 1. The van der Waals surface area contributed by atoms with Crippen molar-refractivity contribution < 1.29 is 14.1 Å². The van der Waals surface area contributed by atoms with E-state index < -0.39 is 0 Å². The second-order valence-corrected chi connectivity index (χ2v) is 6.59. The van der Waals surface area contributed by atoms with E-state index in [2.05, 4.69) is 10.1 Å². The van der Waals surface area contributed by atoms with Crippen LogP contribution >= 0.6 is 0 Å². The molecule has 24 heavy (non-hydrogen) atoms. The number of pyridine rings is 1. The van der Waals surface area contributed by atoms with Gasteiger partial charge in [0.25, 0.3) is 0 Å². The van der Waals surface area contributed by atoms with Crippen molar-refractivity contribution in [2.45, 2.75) is 44.2 Å². The van der Waals surface area contributed by atoms with Crippen molar-refractivity contribution in [3.05, 3.63) is 36.2 Å². The molecule has 1 amide bonds. The van der Waals surface area contributed by atoms with Crippen molar-refractivity contribution in [3.63, 3.8) is 0 Å². The summed E-state index contributed by atoms with van der Waals surface area (Å²) in [6.07, 6.45) is 6.17. The summed E-state index contributed by atoms with van der Waals surface area (Å²) < 4.78 is 11.4. The molecule has 2 saturated heterocycles. The van der Waals surface area contributed by atoms with Crippen LogP contribution in [-0.2, 0) is 16.1 Å². The minimum Gasteiger partial charge on any atom is -0.375 e. The van der Waals surface area contributed by atoms with E-state index in [9.17, 15) is 4.79 Å². The molecule has 2 aliphatic heterocycles. The molecule has 6 heteroatoms. The molecule has 0 saturated carbocycles. The monoisotopic (exact) mass is 327 g/mol. The van der Waals surface area contributed by atoms with E-state index in [0.29, 0.717) is 31.0 Å². The third-order valence-electron chi connectivity index (χ3n) is 5.00. The van der Waals surface area contributed by atoms with Gasteiger partial charge in [-0.3, -0.25) is 9.78 Å². The Morgan fingerprint density at radius 1 is 1.21 bits per heavy atom. The zero-order valence-corrected chi connectivity index (χ0v) is 13.6. The number of hydrogen-bond donors (Lipinski definition) is 0. The summed E-state index contributed by atoms with van der Waals surface area (Å²) in [5.41, 5.74) is 1.39. The third kappa shape index (κ3) is 3.06. The summed E-state index contributed by atoms with van der Waals surface area (Å²) in [5.74, 6) is 0.852. The SMILES string of the molecule is O=C1CCC2(CCCO2)CCN1Cc1cc(-c2ccccn2)no1. The highest BCUT2D eigenvalue weighted by Crippen LogP contribution is 2.36. The van der Waals surface area contributed by atoms with E-state index in [-0.39, 0.29) is 11.5 Å². The molecule has 0 radical (unpaired) electrons. The van der Waals surface area contributed by atoms with Crippen LogP contribution < -0.4 is 0 Å². The lowest BCUT2D eigenvalue weighted by Crippen LogP contribution is -2.31. The van der Waals surface area contributed by atoms with Gasteiger partial charge in [0.1, 0.15) is 5.69 Å². The maximum absolute atomic E-state index is 12.4. The van der Waals surface area contributed by atoms with Crippen LogP contribution in [0.5, 0.6) is 0 Å². The Bertz CT molecular complexity index is 707.